The second kappa shape index (κ2) is 6.07. The van der Waals surface area contributed by atoms with Crippen LogP contribution in [-0.2, 0) is 6.54 Å². The topological polar surface area (TPSA) is 55.1 Å². The van der Waals surface area contributed by atoms with Gasteiger partial charge in [0.1, 0.15) is 0 Å². The van der Waals surface area contributed by atoms with Crippen molar-refractivity contribution in [1.82, 2.24) is 5.32 Å². The molecule has 0 unspecified atom stereocenters. The maximum Gasteiger partial charge on any atom is 0.248 e. The number of hydrogen-bond acceptors (Lipinski definition) is 3. The number of nitrogens with two attached hydrogens (primary N) is 1. The fourth-order valence-electron chi connectivity index (χ4n) is 1.41. The van der Waals surface area contributed by atoms with Crippen molar-refractivity contribution in [3.8, 4) is 0 Å². The molecule has 1 aromatic rings. The Morgan fingerprint density at radius 1 is 1.47 bits per heavy atom. The number of carbonyl (C=O) groups is 1. The monoisotopic (exact) mass is 252 g/mol. The summed E-state index contributed by atoms with van der Waals surface area (Å²) >= 11 is 1.83. The third-order valence-corrected chi connectivity index (χ3v) is 3.89. The van der Waals surface area contributed by atoms with Gasteiger partial charge >= 0.3 is 0 Å². The predicted octanol–water partition coefficient (Wildman–Crippen LogP) is 2.02. The van der Waals surface area contributed by atoms with Crippen LogP contribution in [0, 0.1) is 0 Å². The van der Waals surface area contributed by atoms with Crippen molar-refractivity contribution >= 4 is 17.7 Å². The van der Waals surface area contributed by atoms with Gasteiger partial charge in [-0.05, 0) is 37.8 Å². The van der Waals surface area contributed by atoms with E-state index in [1.165, 1.54) is 0 Å². The van der Waals surface area contributed by atoms with Crippen LogP contribution in [0.1, 0.15) is 29.8 Å². The van der Waals surface area contributed by atoms with Crippen molar-refractivity contribution < 1.29 is 4.79 Å². The summed E-state index contributed by atoms with van der Waals surface area (Å²) in [6.45, 7) is 6.08. The average Bonchev–Trinajstić information content (AvgIpc) is 2.29. The van der Waals surface area contributed by atoms with Gasteiger partial charge in [-0.2, -0.15) is 11.8 Å². The SMILES string of the molecule is CSC(C)(C)CNCc1cccc(C(N)=O)c1. The Kier molecular flexibility index (Phi) is 5.02. The van der Waals surface area contributed by atoms with Crippen LogP contribution in [0.4, 0.5) is 0 Å². The van der Waals surface area contributed by atoms with Crippen LogP contribution in [0.15, 0.2) is 24.3 Å². The van der Waals surface area contributed by atoms with Gasteiger partial charge in [0.15, 0.2) is 0 Å². The Morgan fingerprint density at radius 2 is 2.18 bits per heavy atom. The van der Waals surface area contributed by atoms with Gasteiger partial charge in [-0.25, -0.2) is 0 Å². The number of carbonyl (C=O) groups excluding carboxylic acids is 1. The lowest BCUT2D eigenvalue weighted by molar-refractivity contribution is 0.1000. The number of amides is 1. The third-order valence-electron chi connectivity index (χ3n) is 2.64. The van der Waals surface area contributed by atoms with Crippen molar-refractivity contribution in [3.05, 3.63) is 35.4 Å². The number of nitrogens with one attached hydrogen (secondary N) is 1. The van der Waals surface area contributed by atoms with Crippen LogP contribution < -0.4 is 11.1 Å². The highest BCUT2D eigenvalue weighted by atomic mass is 32.2. The molecule has 0 bridgehead atoms. The quantitative estimate of drug-likeness (QED) is 0.814. The lowest BCUT2D eigenvalue weighted by atomic mass is 10.1. The van der Waals surface area contributed by atoms with Crippen molar-refractivity contribution in [2.75, 3.05) is 12.8 Å². The molecule has 1 amide bonds. The molecule has 1 rings (SSSR count). The first-order valence-electron chi connectivity index (χ1n) is 5.59. The molecule has 0 heterocycles. The van der Waals surface area contributed by atoms with Gasteiger partial charge in [0.05, 0.1) is 0 Å². The van der Waals surface area contributed by atoms with E-state index in [2.05, 4.69) is 25.4 Å². The van der Waals surface area contributed by atoms with Crippen LogP contribution in [0.3, 0.4) is 0 Å². The minimum absolute atomic E-state index is 0.224. The molecule has 0 aliphatic rings. The Hall–Kier alpha value is -1.00. The molecule has 0 aliphatic heterocycles. The van der Waals surface area contributed by atoms with Crippen LogP contribution in [0.25, 0.3) is 0 Å². The summed E-state index contributed by atoms with van der Waals surface area (Å²) in [4.78, 5) is 11.0. The standard InChI is InChI=1S/C13H20N2OS/c1-13(2,17-3)9-15-8-10-5-4-6-11(7-10)12(14)16/h4-7,15H,8-9H2,1-3H3,(H2,14,16). The molecule has 3 nitrogen and oxygen atoms in total. The Balaban J connectivity index is 2.52. The number of benzene rings is 1. The molecule has 3 N–H and O–H groups in total. The summed E-state index contributed by atoms with van der Waals surface area (Å²) in [5, 5.41) is 3.39. The molecule has 0 aliphatic carbocycles. The largest absolute Gasteiger partial charge is 0.366 e. The minimum Gasteiger partial charge on any atom is -0.366 e. The van der Waals surface area contributed by atoms with Gasteiger partial charge in [0, 0.05) is 23.4 Å². The van der Waals surface area contributed by atoms with Gasteiger partial charge < -0.3 is 11.1 Å². The molecule has 4 heteroatoms. The third kappa shape index (κ3) is 4.79. The zero-order chi connectivity index (χ0) is 12.9. The van der Waals surface area contributed by atoms with Crippen molar-refractivity contribution in [1.29, 1.82) is 0 Å². The van der Waals surface area contributed by atoms with Crippen LogP contribution in [-0.4, -0.2) is 23.5 Å². The molecule has 0 fully saturated rings. The number of primary amides is 1. The number of thioether (sulfide) groups is 1. The first-order valence-corrected chi connectivity index (χ1v) is 6.82. The first kappa shape index (κ1) is 14.1. The Bertz CT molecular complexity index is 391. The van der Waals surface area contributed by atoms with E-state index < -0.39 is 0 Å². The molecule has 0 atom stereocenters. The van der Waals surface area contributed by atoms with Crippen LogP contribution >= 0.6 is 11.8 Å². The second-order valence-corrected chi connectivity index (χ2v) is 6.15. The zero-order valence-electron chi connectivity index (χ0n) is 10.6. The normalized spacial score (nSPS) is 11.5. The summed E-state index contributed by atoms with van der Waals surface area (Å²) in [7, 11) is 0. The van der Waals surface area contributed by atoms with Gasteiger partial charge in [-0.15, -0.1) is 0 Å². The summed E-state index contributed by atoms with van der Waals surface area (Å²) in [6, 6.07) is 7.42. The molecule has 94 valence electrons. The molecule has 1 aromatic carbocycles. The lowest BCUT2D eigenvalue weighted by Crippen LogP contribution is -2.31. The fourth-order valence-corrected chi connectivity index (χ4v) is 1.66. The van der Waals surface area contributed by atoms with E-state index in [9.17, 15) is 4.79 Å². The van der Waals surface area contributed by atoms with E-state index in [1.54, 1.807) is 6.07 Å². The molecule has 17 heavy (non-hydrogen) atoms. The maximum atomic E-state index is 11.0. The van der Waals surface area contributed by atoms with Crippen molar-refractivity contribution in [3.63, 3.8) is 0 Å². The molecule has 0 saturated carbocycles. The molecule has 0 aromatic heterocycles. The maximum absolute atomic E-state index is 11.0. The molecule has 0 radical (unpaired) electrons. The van der Waals surface area contributed by atoms with E-state index in [0.717, 1.165) is 18.7 Å². The number of hydrogen-bond donors (Lipinski definition) is 2. The summed E-state index contributed by atoms with van der Waals surface area (Å²) in [5.74, 6) is -0.378. The smallest absolute Gasteiger partial charge is 0.248 e. The van der Waals surface area contributed by atoms with Gasteiger partial charge in [0.25, 0.3) is 0 Å². The Labute approximate surface area is 107 Å². The van der Waals surface area contributed by atoms with E-state index in [-0.39, 0.29) is 10.7 Å². The van der Waals surface area contributed by atoms with Gasteiger partial charge in [0.2, 0.25) is 5.91 Å². The van der Waals surface area contributed by atoms with E-state index in [0.29, 0.717) is 5.56 Å². The first-order chi connectivity index (χ1) is 7.94. The average molecular weight is 252 g/mol. The van der Waals surface area contributed by atoms with E-state index in [1.807, 2.05) is 30.0 Å². The highest BCUT2D eigenvalue weighted by Crippen LogP contribution is 2.19. The van der Waals surface area contributed by atoms with Crippen molar-refractivity contribution in [2.24, 2.45) is 5.73 Å². The van der Waals surface area contributed by atoms with Crippen LogP contribution in [0.5, 0.6) is 0 Å². The molecule has 0 spiro atoms. The fraction of sp³-hybridized carbons (Fsp3) is 0.462. The second-order valence-electron chi connectivity index (χ2n) is 4.63. The van der Waals surface area contributed by atoms with E-state index >= 15 is 0 Å². The van der Waals surface area contributed by atoms with Crippen molar-refractivity contribution in [2.45, 2.75) is 25.1 Å². The summed E-state index contributed by atoms with van der Waals surface area (Å²) in [5.41, 5.74) is 6.88. The minimum atomic E-state index is -0.378. The highest BCUT2D eigenvalue weighted by molar-refractivity contribution is 7.99. The zero-order valence-corrected chi connectivity index (χ0v) is 11.4. The summed E-state index contributed by atoms with van der Waals surface area (Å²) < 4.78 is 0.224. The van der Waals surface area contributed by atoms with Gasteiger partial charge in [-0.3, -0.25) is 4.79 Å². The molecular weight excluding hydrogens is 232 g/mol. The predicted molar refractivity (Wildman–Crippen MR) is 74.3 cm³/mol. The van der Waals surface area contributed by atoms with E-state index in [4.69, 9.17) is 5.73 Å². The van der Waals surface area contributed by atoms with Crippen LogP contribution in [0.2, 0.25) is 0 Å². The number of rotatable bonds is 6. The molecular formula is C13H20N2OS. The highest BCUT2D eigenvalue weighted by Gasteiger charge is 2.14. The Morgan fingerprint density at radius 3 is 2.76 bits per heavy atom. The lowest BCUT2D eigenvalue weighted by Gasteiger charge is -2.22. The van der Waals surface area contributed by atoms with Gasteiger partial charge in [-0.1, -0.05) is 12.1 Å². The summed E-state index contributed by atoms with van der Waals surface area (Å²) in [6.07, 6.45) is 2.11. The molecule has 0 saturated heterocycles.